The summed E-state index contributed by atoms with van der Waals surface area (Å²) in [6.07, 6.45) is 3.75. The summed E-state index contributed by atoms with van der Waals surface area (Å²) in [5.74, 6) is 0.730. The molecule has 15 heavy (non-hydrogen) atoms. The Morgan fingerprint density at radius 2 is 1.80 bits per heavy atom. The molecule has 0 spiro atoms. The van der Waals surface area contributed by atoms with E-state index in [1.54, 1.807) is 0 Å². The van der Waals surface area contributed by atoms with Crippen molar-refractivity contribution < 1.29 is 14.8 Å². The van der Waals surface area contributed by atoms with Gasteiger partial charge in [-0.2, -0.15) is 4.89 Å². The molecule has 0 fully saturated rings. The van der Waals surface area contributed by atoms with Gasteiger partial charge in [0, 0.05) is 18.0 Å². The van der Waals surface area contributed by atoms with Crippen LogP contribution in [0.2, 0.25) is 0 Å². The molecule has 78 valence electrons. The molecule has 0 aliphatic carbocycles. The lowest BCUT2D eigenvalue weighted by molar-refractivity contribution is -0.482. The molecule has 0 bridgehead atoms. The Bertz CT molecular complexity index is 344. The van der Waals surface area contributed by atoms with Crippen LogP contribution < -0.4 is 4.89 Å². The number of H-pyrrole nitrogens is 1. The van der Waals surface area contributed by atoms with Crippen molar-refractivity contribution in [3.63, 3.8) is 0 Å². The molecule has 0 radical (unpaired) electrons. The lowest BCUT2D eigenvalue weighted by atomic mass is 10.2. The van der Waals surface area contributed by atoms with Crippen molar-refractivity contribution >= 4 is 0 Å². The third-order valence-corrected chi connectivity index (χ3v) is 1.85. The van der Waals surface area contributed by atoms with E-state index in [4.69, 9.17) is 4.89 Å². The molecule has 0 saturated carbocycles. The van der Waals surface area contributed by atoms with Gasteiger partial charge in [-0.3, -0.25) is 0 Å². The summed E-state index contributed by atoms with van der Waals surface area (Å²) < 4.78 is 0. The maximum atomic E-state index is 4.70. The maximum Gasteiger partial charge on any atom is 0.174 e. The van der Waals surface area contributed by atoms with Crippen molar-refractivity contribution in [1.29, 1.82) is 0 Å². The van der Waals surface area contributed by atoms with Crippen LogP contribution in [0, 0.1) is 0 Å². The van der Waals surface area contributed by atoms with Crippen molar-refractivity contribution in [2.75, 3.05) is 0 Å². The first-order valence-electron chi connectivity index (χ1n) is 4.58. The van der Waals surface area contributed by atoms with Crippen LogP contribution >= 0.6 is 0 Å². The van der Waals surface area contributed by atoms with Crippen LogP contribution in [-0.2, 0) is 16.5 Å². The fourth-order valence-electron chi connectivity index (χ4n) is 1.13. The van der Waals surface area contributed by atoms with Gasteiger partial charge in [0.15, 0.2) is 5.75 Å². The Balaban J connectivity index is 0.000000144. The van der Waals surface area contributed by atoms with Gasteiger partial charge in [0.1, 0.15) is 6.61 Å². The van der Waals surface area contributed by atoms with E-state index in [2.05, 4.69) is 14.9 Å². The molecule has 2 aromatic rings. The summed E-state index contributed by atoms with van der Waals surface area (Å²) in [4.78, 5) is 12.1. The molecule has 1 aromatic carbocycles. The van der Waals surface area contributed by atoms with Gasteiger partial charge in [0.05, 0.1) is 0 Å². The molecule has 1 aliphatic rings. The summed E-state index contributed by atoms with van der Waals surface area (Å²) >= 11 is 0. The number of aromatic nitrogens is 1. The van der Waals surface area contributed by atoms with E-state index in [1.807, 2.05) is 48.8 Å². The van der Waals surface area contributed by atoms with Gasteiger partial charge >= 0.3 is 0 Å². The highest BCUT2D eigenvalue weighted by Gasteiger charge is 2.09. The monoisotopic (exact) mass is 205 g/mol. The first-order valence-corrected chi connectivity index (χ1v) is 4.58. The zero-order chi connectivity index (χ0) is 10.3. The fraction of sp³-hybridized carbons (Fsp3) is 0.0909. The number of aromatic amines is 1. The average molecular weight is 205 g/mol. The van der Waals surface area contributed by atoms with Gasteiger partial charge in [-0.05, 0) is 23.2 Å². The molecule has 0 unspecified atom stereocenters. The minimum absolute atomic E-state index is 0.455. The van der Waals surface area contributed by atoms with Gasteiger partial charge < -0.3 is 9.87 Å². The molecule has 4 heteroatoms. The molecular formula is C11H11NO3. The highest BCUT2D eigenvalue weighted by molar-refractivity contribution is 5.32. The zero-order valence-corrected chi connectivity index (χ0v) is 8.05. The Hall–Kier alpha value is -1.78. The van der Waals surface area contributed by atoms with E-state index in [-0.39, 0.29) is 0 Å². The quantitative estimate of drug-likeness (QED) is 0.672. The molecular weight excluding hydrogens is 194 g/mol. The largest absolute Gasteiger partial charge is 0.368 e. The third kappa shape index (κ3) is 2.83. The van der Waals surface area contributed by atoms with Crippen LogP contribution in [0.1, 0.15) is 5.56 Å². The van der Waals surface area contributed by atoms with Crippen molar-refractivity contribution in [3.8, 4) is 5.75 Å². The molecule has 2 heterocycles. The molecule has 0 saturated heterocycles. The SMILES string of the molecule is c1cc[nH]c1.c1ccc2c(c1)COOO2. The summed E-state index contributed by atoms with van der Waals surface area (Å²) in [6.45, 7) is 0.455. The van der Waals surface area contributed by atoms with Gasteiger partial charge in [0.25, 0.3) is 0 Å². The van der Waals surface area contributed by atoms with Gasteiger partial charge in [-0.15, -0.1) is 0 Å². The molecule has 1 aromatic heterocycles. The second-order valence-electron chi connectivity index (χ2n) is 2.91. The van der Waals surface area contributed by atoms with E-state index in [0.29, 0.717) is 6.61 Å². The lowest BCUT2D eigenvalue weighted by Crippen LogP contribution is -2.07. The molecule has 3 rings (SSSR count). The lowest BCUT2D eigenvalue weighted by Gasteiger charge is -2.12. The minimum Gasteiger partial charge on any atom is -0.368 e. The van der Waals surface area contributed by atoms with Crippen LogP contribution in [-0.4, -0.2) is 4.98 Å². The summed E-state index contributed by atoms with van der Waals surface area (Å²) in [5.41, 5.74) is 1.01. The van der Waals surface area contributed by atoms with Crippen LogP contribution in [0.4, 0.5) is 0 Å². The number of rotatable bonds is 0. The van der Waals surface area contributed by atoms with E-state index < -0.39 is 0 Å². The van der Waals surface area contributed by atoms with Gasteiger partial charge in [0.2, 0.25) is 0 Å². The number of benzene rings is 1. The number of hydrogen-bond acceptors (Lipinski definition) is 3. The van der Waals surface area contributed by atoms with Crippen molar-refractivity contribution in [2.24, 2.45) is 0 Å². The van der Waals surface area contributed by atoms with Crippen LogP contribution in [0.5, 0.6) is 5.75 Å². The highest BCUT2D eigenvalue weighted by Crippen LogP contribution is 2.22. The Labute approximate surface area is 87.3 Å². The third-order valence-electron chi connectivity index (χ3n) is 1.85. The molecule has 0 atom stereocenters. The normalized spacial score (nSPS) is 13.1. The fourth-order valence-corrected chi connectivity index (χ4v) is 1.13. The second-order valence-corrected chi connectivity index (χ2v) is 2.91. The predicted octanol–water partition coefficient (Wildman–Crippen LogP) is 2.46. The van der Waals surface area contributed by atoms with E-state index in [0.717, 1.165) is 11.3 Å². The summed E-state index contributed by atoms with van der Waals surface area (Å²) in [7, 11) is 0. The first-order chi connectivity index (χ1) is 7.47. The number of hydrogen-bond donors (Lipinski definition) is 1. The van der Waals surface area contributed by atoms with Crippen molar-refractivity contribution in [1.82, 2.24) is 4.98 Å². The summed E-state index contributed by atoms with van der Waals surface area (Å²) in [5, 5.41) is 4.30. The molecule has 0 amide bonds. The van der Waals surface area contributed by atoms with Crippen molar-refractivity contribution in [2.45, 2.75) is 6.61 Å². The van der Waals surface area contributed by atoms with E-state index in [9.17, 15) is 0 Å². The number of para-hydroxylation sites is 1. The molecule has 1 aliphatic heterocycles. The van der Waals surface area contributed by atoms with Crippen LogP contribution in [0.25, 0.3) is 0 Å². The van der Waals surface area contributed by atoms with E-state index in [1.165, 1.54) is 0 Å². The standard InChI is InChI=1S/C7H6O3.C4H5N/c1-2-4-7-6(3-1)5-8-10-9-7;1-2-4-5-3-1/h1-4H,5H2;1-5H. The predicted molar refractivity (Wildman–Crippen MR) is 53.7 cm³/mol. The topological polar surface area (TPSA) is 43.5 Å². The maximum absolute atomic E-state index is 4.70. The Kier molecular flexibility index (Phi) is 3.38. The van der Waals surface area contributed by atoms with Crippen molar-refractivity contribution in [3.05, 3.63) is 54.4 Å². The average Bonchev–Trinajstić information content (AvgIpc) is 2.88. The van der Waals surface area contributed by atoms with Gasteiger partial charge in [-0.1, -0.05) is 18.2 Å². The zero-order valence-electron chi connectivity index (χ0n) is 8.05. The molecule has 1 N–H and O–H groups in total. The number of nitrogens with one attached hydrogen (secondary N) is 1. The minimum atomic E-state index is 0.455. The highest BCUT2D eigenvalue weighted by atomic mass is 17.5. The van der Waals surface area contributed by atoms with Crippen LogP contribution in [0.15, 0.2) is 48.8 Å². The Morgan fingerprint density at radius 3 is 2.47 bits per heavy atom. The van der Waals surface area contributed by atoms with Gasteiger partial charge in [-0.25, -0.2) is 0 Å². The number of fused-ring (bicyclic) bond motifs is 1. The van der Waals surface area contributed by atoms with Crippen LogP contribution in [0.3, 0.4) is 0 Å². The molecule has 4 nitrogen and oxygen atoms in total. The van der Waals surface area contributed by atoms with E-state index >= 15 is 0 Å². The first kappa shape index (κ1) is 9.76. The smallest absolute Gasteiger partial charge is 0.174 e. The second kappa shape index (κ2) is 5.19. The Morgan fingerprint density at radius 1 is 1.00 bits per heavy atom. The summed E-state index contributed by atoms with van der Waals surface area (Å²) in [6, 6.07) is 11.5.